The Morgan fingerprint density at radius 2 is 1.92 bits per heavy atom. The Kier molecular flexibility index (Phi) is 7.20. The van der Waals surface area contributed by atoms with Crippen LogP contribution in [-0.2, 0) is 9.53 Å². The summed E-state index contributed by atoms with van der Waals surface area (Å²) in [6, 6.07) is 0. The zero-order valence-electron chi connectivity index (χ0n) is 7.14. The van der Waals surface area contributed by atoms with Crippen LogP contribution in [0.5, 0.6) is 0 Å². The van der Waals surface area contributed by atoms with Crippen LogP contribution in [0.4, 0.5) is 0 Å². The molecule has 2 nitrogen and oxygen atoms in total. The van der Waals surface area contributed by atoms with Crippen molar-refractivity contribution in [1.29, 1.82) is 0 Å². The molecule has 3 heteroatoms. The van der Waals surface area contributed by atoms with Gasteiger partial charge in [0.05, 0.1) is 0 Å². The summed E-state index contributed by atoms with van der Waals surface area (Å²) in [5, 5.41) is 0. The molecular formula is C9H17NaO2. The molecule has 1 aliphatic carbocycles. The Morgan fingerprint density at radius 3 is 2.42 bits per heavy atom. The Hall–Kier alpha value is 0.470. The molecule has 1 rings (SSSR count). The fourth-order valence-electron chi connectivity index (χ4n) is 1.45. The molecule has 0 aliphatic heterocycles. The third-order valence-corrected chi connectivity index (χ3v) is 2.14. The van der Waals surface area contributed by atoms with E-state index in [0.717, 1.165) is 12.8 Å². The van der Waals surface area contributed by atoms with Crippen molar-refractivity contribution in [1.82, 2.24) is 0 Å². The van der Waals surface area contributed by atoms with Gasteiger partial charge in [-0.05, 0) is 25.7 Å². The molecule has 1 fully saturated rings. The van der Waals surface area contributed by atoms with Gasteiger partial charge in [-0.1, -0.05) is 13.3 Å². The van der Waals surface area contributed by atoms with E-state index in [1.54, 1.807) is 0 Å². The molecule has 0 saturated heterocycles. The molecule has 0 N–H and O–H groups in total. The monoisotopic (exact) mass is 180 g/mol. The third-order valence-electron chi connectivity index (χ3n) is 2.14. The maximum absolute atomic E-state index is 10.9. The second-order valence-electron chi connectivity index (χ2n) is 3.10. The summed E-state index contributed by atoms with van der Waals surface area (Å²) in [6.07, 6.45) is 6.65. The molecule has 0 amide bonds. The summed E-state index contributed by atoms with van der Waals surface area (Å²) >= 11 is 0. The quantitative estimate of drug-likeness (QED) is 0.477. The van der Waals surface area contributed by atoms with Crippen LogP contribution in [0, 0.1) is 0 Å². The Balaban J connectivity index is 0.00000121. The molecular weight excluding hydrogens is 163 g/mol. The normalized spacial score (nSPS) is 18.1. The summed E-state index contributed by atoms with van der Waals surface area (Å²) < 4.78 is 5.20. The van der Waals surface area contributed by atoms with Gasteiger partial charge in [-0.25, -0.2) is 0 Å². The molecule has 66 valence electrons. The van der Waals surface area contributed by atoms with Gasteiger partial charge in [0.1, 0.15) is 6.10 Å². The van der Waals surface area contributed by atoms with Crippen molar-refractivity contribution < 1.29 is 9.53 Å². The van der Waals surface area contributed by atoms with Gasteiger partial charge in [-0.2, -0.15) is 0 Å². The van der Waals surface area contributed by atoms with E-state index in [-0.39, 0.29) is 41.6 Å². The van der Waals surface area contributed by atoms with Crippen LogP contribution < -0.4 is 0 Å². The summed E-state index contributed by atoms with van der Waals surface area (Å²) in [4.78, 5) is 10.9. The van der Waals surface area contributed by atoms with Crippen molar-refractivity contribution in [3.05, 3.63) is 0 Å². The number of esters is 1. The number of carbonyl (C=O) groups is 1. The molecule has 0 spiro atoms. The number of rotatable bonds is 2. The summed E-state index contributed by atoms with van der Waals surface area (Å²) in [5.74, 6) is -0.0445. The molecule has 0 aromatic heterocycles. The van der Waals surface area contributed by atoms with Crippen molar-refractivity contribution in [2.75, 3.05) is 0 Å². The molecule has 0 atom stereocenters. The van der Waals surface area contributed by atoms with Crippen LogP contribution in [0.3, 0.4) is 0 Å². The van der Waals surface area contributed by atoms with Gasteiger partial charge in [0.25, 0.3) is 0 Å². The minimum atomic E-state index is -0.0445. The average Bonchev–Trinajstić information content (AvgIpc) is 2.06. The van der Waals surface area contributed by atoms with Gasteiger partial charge < -0.3 is 4.74 Å². The molecule has 1 aliphatic rings. The van der Waals surface area contributed by atoms with Crippen LogP contribution in [0.15, 0.2) is 0 Å². The zero-order valence-corrected chi connectivity index (χ0v) is 7.14. The van der Waals surface area contributed by atoms with E-state index in [1.807, 2.05) is 6.92 Å². The molecule has 0 radical (unpaired) electrons. The maximum atomic E-state index is 10.9. The van der Waals surface area contributed by atoms with E-state index in [0.29, 0.717) is 6.42 Å². The zero-order chi connectivity index (χ0) is 8.10. The summed E-state index contributed by atoms with van der Waals surface area (Å²) in [5.41, 5.74) is 0. The Bertz CT molecular complexity index is 130. The third kappa shape index (κ3) is 4.48. The number of hydrogen-bond donors (Lipinski definition) is 0. The van der Waals surface area contributed by atoms with E-state index >= 15 is 0 Å². The van der Waals surface area contributed by atoms with Crippen LogP contribution in [0.2, 0.25) is 0 Å². The minimum absolute atomic E-state index is 0. The van der Waals surface area contributed by atoms with Crippen molar-refractivity contribution in [2.24, 2.45) is 0 Å². The predicted molar refractivity (Wildman–Crippen MR) is 50.4 cm³/mol. The molecule has 0 aromatic rings. The van der Waals surface area contributed by atoms with Crippen molar-refractivity contribution in [2.45, 2.75) is 51.6 Å². The van der Waals surface area contributed by atoms with E-state index in [1.165, 1.54) is 19.3 Å². The standard InChI is InChI=1S/C9H16O2.Na.H/c1-2-9(10)11-8-6-4-3-5-7-8;;/h8H,2-7H2,1H3;;. The van der Waals surface area contributed by atoms with Crippen molar-refractivity contribution >= 4 is 35.5 Å². The number of hydrogen-bond acceptors (Lipinski definition) is 2. The fraction of sp³-hybridized carbons (Fsp3) is 0.889. The first-order valence-corrected chi connectivity index (χ1v) is 4.52. The first kappa shape index (κ1) is 12.5. The van der Waals surface area contributed by atoms with Crippen molar-refractivity contribution in [3.63, 3.8) is 0 Å². The van der Waals surface area contributed by atoms with E-state index in [2.05, 4.69) is 0 Å². The second-order valence-corrected chi connectivity index (χ2v) is 3.10. The summed E-state index contributed by atoms with van der Waals surface area (Å²) in [7, 11) is 0. The van der Waals surface area contributed by atoms with Crippen LogP contribution >= 0.6 is 0 Å². The molecule has 0 bridgehead atoms. The van der Waals surface area contributed by atoms with Gasteiger partial charge in [0.15, 0.2) is 0 Å². The Labute approximate surface area is 96.3 Å². The molecule has 0 unspecified atom stereocenters. The number of carbonyl (C=O) groups excluding carboxylic acids is 1. The van der Waals surface area contributed by atoms with E-state index in [4.69, 9.17) is 4.74 Å². The second kappa shape index (κ2) is 6.93. The molecule has 0 heterocycles. The van der Waals surface area contributed by atoms with E-state index in [9.17, 15) is 4.79 Å². The molecule has 1 saturated carbocycles. The SMILES string of the molecule is CCC(=O)OC1CCCCC1.[NaH]. The average molecular weight is 180 g/mol. The van der Waals surface area contributed by atoms with Gasteiger partial charge in [0.2, 0.25) is 0 Å². The fourth-order valence-corrected chi connectivity index (χ4v) is 1.45. The molecule has 0 aromatic carbocycles. The van der Waals surface area contributed by atoms with Crippen LogP contribution in [0.25, 0.3) is 0 Å². The predicted octanol–water partition coefficient (Wildman–Crippen LogP) is 1.62. The van der Waals surface area contributed by atoms with Gasteiger partial charge >= 0.3 is 35.5 Å². The first-order chi connectivity index (χ1) is 5.33. The Morgan fingerprint density at radius 1 is 1.33 bits per heavy atom. The van der Waals surface area contributed by atoms with Gasteiger partial charge in [-0.15, -0.1) is 0 Å². The van der Waals surface area contributed by atoms with E-state index < -0.39 is 0 Å². The van der Waals surface area contributed by atoms with Gasteiger partial charge in [-0.3, -0.25) is 4.79 Å². The van der Waals surface area contributed by atoms with Crippen molar-refractivity contribution in [3.8, 4) is 0 Å². The molecule has 12 heavy (non-hydrogen) atoms. The first-order valence-electron chi connectivity index (χ1n) is 4.52. The number of ether oxygens (including phenoxy) is 1. The van der Waals surface area contributed by atoms with Crippen LogP contribution in [-0.4, -0.2) is 41.6 Å². The van der Waals surface area contributed by atoms with Gasteiger partial charge in [0, 0.05) is 6.42 Å². The summed E-state index contributed by atoms with van der Waals surface area (Å²) in [6.45, 7) is 1.84. The topological polar surface area (TPSA) is 26.3 Å². The van der Waals surface area contributed by atoms with Crippen LogP contribution in [0.1, 0.15) is 45.4 Å².